The normalized spacial score (nSPS) is 14.5. The number of rotatable bonds is 5. The number of pyridine rings is 1. The van der Waals surface area contributed by atoms with Crippen molar-refractivity contribution >= 4 is 17.3 Å². The van der Waals surface area contributed by atoms with Crippen molar-refractivity contribution in [3.63, 3.8) is 0 Å². The molecule has 4 heterocycles. The van der Waals surface area contributed by atoms with E-state index in [4.69, 9.17) is 4.74 Å². The van der Waals surface area contributed by atoms with Crippen molar-refractivity contribution in [1.29, 1.82) is 0 Å². The number of carbonyl (C=O) groups excluding carboxylic acids is 1. The zero-order valence-corrected chi connectivity index (χ0v) is 19.0. The number of imidazole rings is 1. The van der Waals surface area contributed by atoms with Crippen molar-refractivity contribution in [2.45, 2.75) is 25.3 Å². The minimum absolute atomic E-state index is 0.302. The van der Waals surface area contributed by atoms with Crippen LogP contribution in [0.5, 0.6) is 5.75 Å². The fourth-order valence-electron chi connectivity index (χ4n) is 4.20. The number of nitrogens with zero attached hydrogens (tertiary/aromatic N) is 7. The van der Waals surface area contributed by atoms with Crippen LogP contribution in [0.25, 0.3) is 17.1 Å². The molecule has 172 valence electrons. The molecule has 0 unspecified atom stereocenters. The standard InChI is InChI=1S/C24H24N8O2/c1-30(2)21-11-25-18(10-20(21)31-12-19(27-14-31)15-6-7-15)24(33)29-17-5-3-4-16-22(17)34-9-8-32-23(16)26-13-28-32/h3-5,10-15H,6-9H2,1-2H3,(H,29,33). The Kier molecular flexibility index (Phi) is 4.79. The Morgan fingerprint density at radius 2 is 2.09 bits per heavy atom. The summed E-state index contributed by atoms with van der Waals surface area (Å²) in [5.41, 5.74) is 4.49. The highest BCUT2D eigenvalue weighted by atomic mass is 16.5. The maximum atomic E-state index is 13.3. The zero-order valence-electron chi connectivity index (χ0n) is 19.0. The number of carbonyl (C=O) groups is 1. The lowest BCUT2D eigenvalue weighted by molar-refractivity contribution is 0.102. The molecule has 0 atom stereocenters. The molecule has 1 aliphatic carbocycles. The molecule has 0 bridgehead atoms. The third kappa shape index (κ3) is 3.57. The van der Waals surface area contributed by atoms with Gasteiger partial charge >= 0.3 is 0 Å². The Balaban J connectivity index is 1.33. The first-order valence-electron chi connectivity index (χ1n) is 11.3. The lowest BCUT2D eigenvalue weighted by Gasteiger charge is -2.18. The summed E-state index contributed by atoms with van der Waals surface area (Å²) in [4.78, 5) is 28.6. The quantitative estimate of drug-likeness (QED) is 0.492. The van der Waals surface area contributed by atoms with E-state index in [1.54, 1.807) is 23.3 Å². The van der Waals surface area contributed by atoms with E-state index in [1.165, 1.54) is 19.2 Å². The Labute approximate surface area is 196 Å². The Bertz CT molecular complexity index is 1390. The van der Waals surface area contributed by atoms with Crippen molar-refractivity contribution in [3.8, 4) is 22.8 Å². The number of hydrogen-bond acceptors (Lipinski definition) is 7. The molecule has 1 saturated carbocycles. The molecule has 6 rings (SSSR count). The molecule has 1 N–H and O–H groups in total. The molecule has 4 aromatic rings. The Morgan fingerprint density at radius 1 is 1.21 bits per heavy atom. The summed E-state index contributed by atoms with van der Waals surface area (Å²) in [6, 6.07) is 7.38. The van der Waals surface area contributed by atoms with E-state index < -0.39 is 0 Å². The highest BCUT2D eigenvalue weighted by Crippen LogP contribution is 2.40. The zero-order chi connectivity index (χ0) is 23.2. The van der Waals surface area contributed by atoms with Crippen LogP contribution < -0.4 is 15.0 Å². The highest BCUT2D eigenvalue weighted by Gasteiger charge is 2.26. The van der Waals surface area contributed by atoms with E-state index in [-0.39, 0.29) is 5.91 Å². The number of para-hydroxylation sites is 1. The van der Waals surface area contributed by atoms with E-state index in [9.17, 15) is 4.79 Å². The molecule has 1 fully saturated rings. The van der Waals surface area contributed by atoms with Crippen LogP contribution in [-0.4, -0.2) is 55.9 Å². The maximum absolute atomic E-state index is 13.3. The summed E-state index contributed by atoms with van der Waals surface area (Å²) in [6.45, 7) is 1.02. The van der Waals surface area contributed by atoms with Gasteiger partial charge in [-0.3, -0.25) is 4.79 Å². The fourth-order valence-corrected chi connectivity index (χ4v) is 4.20. The molecule has 1 amide bonds. The lowest BCUT2D eigenvalue weighted by Crippen LogP contribution is -2.18. The SMILES string of the molecule is CN(C)c1cnc(C(=O)Nc2cccc3c2OCCn2ncnc2-3)cc1-n1cnc(C2CC2)c1. The van der Waals surface area contributed by atoms with Crippen LogP contribution in [0.1, 0.15) is 34.9 Å². The number of amides is 1. The first kappa shape index (κ1) is 20.4. The third-order valence-corrected chi connectivity index (χ3v) is 6.12. The predicted molar refractivity (Wildman–Crippen MR) is 127 cm³/mol. The minimum atomic E-state index is -0.322. The van der Waals surface area contributed by atoms with Crippen molar-refractivity contribution < 1.29 is 9.53 Å². The van der Waals surface area contributed by atoms with Gasteiger partial charge in [-0.1, -0.05) is 6.07 Å². The molecule has 3 aromatic heterocycles. The highest BCUT2D eigenvalue weighted by molar-refractivity contribution is 6.05. The second kappa shape index (κ2) is 7.98. The van der Waals surface area contributed by atoms with Crippen molar-refractivity contribution in [1.82, 2.24) is 29.3 Å². The van der Waals surface area contributed by atoms with Gasteiger partial charge in [0.15, 0.2) is 11.6 Å². The van der Waals surface area contributed by atoms with E-state index in [2.05, 4.69) is 25.4 Å². The van der Waals surface area contributed by atoms with E-state index >= 15 is 0 Å². The van der Waals surface area contributed by atoms with Crippen LogP contribution in [0.4, 0.5) is 11.4 Å². The molecule has 1 aliphatic heterocycles. The van der Waals surface area contributed by atoms with Crippen molar-refractivity contribution in [2.75, 3.05) is 30.9 Å². The summed E-state index contributed by atoms with van der Waals surface area (Å²) >= 11 is 0. The van der Waals surface area contributed by atoms with Crippen LogP contribution in [0.2, 0.25) is 0 Å². The molecular formula is C24H24N8O2. The first-order chi connectivity index (χ1) is 16.6. The molecule has 0 radical (unpaired) electrons. The number of ether oxygens (including phenoxy) is 1. The van der Waals surface area contributed by atoms with Crippen LogP contribution in [0, 0.1) is 0 Å². The minimum Gasteiger partial charge on any atom is -0.489 e. The average Bonchev–Trinajstić information content (AvgIpc) is 3.44. The molecule has 2 aliphatic rings. The van der Waals surface area contributed by atoms with E-state index in [0.717, 1.165) is 22.6 Å². The van der Waals surface area contributed by atoms with Crippen LogP contribution in [-0.2, 0) is 6.54 Å². The van der Waals surface area contributed by atoms with Gasteiger partial charge in [-0.25, -0.2) is 19.6 Å². The van der Waals surface area contributed by atoms with E-state index in [1.807, 2.05) is 48.0 Å². The average molecular weight is 457 g/mol. The first-order valence-corrected chi connectivity index (χ1v) is 11.3. The third-order valence-electron chi connectivity index (χ3n) is 6.12. The molecule has 10 heteroatoms. The Hall–Kier alpha value is -4.21. The summed E-state index contributed by atoms with van der Waals surface area (Å²) in [7, 11) is 3.91. The Morgan fingerprint density at radius 3 is 2.91 bits per heavy atom. The molecule has 0 saturated heterocycles. The monoisotopic (exact) mass is 456 g/mol. The van der Waals surface area contributed by atoms with Crippen molar-refractivity contribution in [3.05, 3.63) is 60.7 Å². The topological polar surface area (TPSA) is 103 Å². The number of hydrogen-bond donors (Lipinski definition) is 1. The number of anilines is 2. The summed E-state index contributed by atoms with van der Waals surface area (Å²) in [5.74, 6) is 1.52. The molecule has 1 aromatic carbocycles. The van der Waals surface area contributed by atoms with Gasteiger partial charge in [0.25, 0.3) is 5.91 Å². The van der Waals surface area contributed by atoms with Crippen LogP contribution in [0.3, 0.4) is 0 Å². The molecule has 10 nitrogen and oxygen atoms in total. The van der Waals surface area contributed by atoms with Gasteiger partial charge in [0.05, 0.1) is 47.4 Å². The molecule has 34 heavy (non-hydrogen) atoms. The summed E-state index contributed by atoms with van der Waals surface area (Å²) in [5, 5.41) is 7.22. The van der Waals surface area contributed by atoms with Crippen LogP contribution >= 0.6 is 0 Å². The second-order valence-electron chi connectivity index (χ2n) is 8.72. The van der Waals surface area contributed by atoms with Gasteiger partial charge in [-0.15, -0.1) is 0 Å². The fraction of sp³-hybridized carbons (Fsp3) is 0.292. The predicted octanol–water partition coefficient (Wildman–Crippen LogP) is 3.11. The number of nitrogens with one attached hydrogen (secondary N) is 1. The summed E-state index contributed by atoms with van der Waals surface area (Å²) in [6.07, 6.45) is 9.45. The lowest BCUT2D eigenvalue weighted by atomic mass is 10.1. The number of aromatic nitrogens is 6. The largest absolute Gasteiger partial charge is 0.489 e. The van der Waals surface area contributed by atoms with Gasteiger partial charge in [0, 0.05) is 26.2 Å². The van der Waals surface area contributed by atoms with Crippen molar-refractivity contribution in [2.24, 2.45) is 0 Å². The molecule has 0 spiro atoms. The van der Waals surface area contributed by atoms with E-state index in [0.29, 0.717) is 42.0 Å². The molecular weight excluding hydrogens is 432 g/mol. The summed E-state index contributed by atoms with van der Waals surface area (Å²) < 4.78 is 9.74. The van der Waals surface area contributed by atoms with Crippen LogP contribution in [0.15, 0.2) is 49.3 Å². The number of benzene rings is 1. The van der Waals surface area contributed by atoms with Gasteiger partial charge in [0.1, 0.15) is 18.6 Å². The maximum Gasteiger partial charge on any atom is 0.274 e. The second-order valence-corrected chi connectivity index (χ2v) is 8.72. The van der Waals surface area contributed by atoms with Gasteiger partial charge < -0.3 is 19.5 Å². The van der Waals surface area contributed by atoms with Gasteiger partial charge in [0.2, 0.25) is 0 Å². The smallest absolute Gasteiger partial charge is 0.274 e. The van der Waals surface area contributed by atoms with Gasteiger partial charge in [-0.05, 0) is 31.0 Å². The number of fused-ring (bicyclic) bond motifs is 3. The van der Waals surface area contributed by atoms with Gasteiger partial charge in [-0.2, -0.15) is 5.10 Å².